The second kappa shape index (κ2) is 11.2. The van der Waals surface area contributed by atoms with Gasteiger partial charge in [-0.2, -0.15) is 0 Å². The maximum absolute atomic E-state index is 13.1. The molecule has 0 aliphatic heterocycles. The molecule has 2 atom stereocenters. The van der Waals surface area contributed by atoms with Crippen LogP contribution in [0.3, 0.4) is 0 Å². The van der Waals surface area contributed by atoms with Gasteiger partial charge >= 0.3 is 12.1 Å². The molecule has 0 aliphatic carbocycles. The van der Waals surface area contributed by atoms with Crippen LogP contribution in [0.15, 0.2) is 60.7 Å². The smallest absolute Gasteiger partial charge is 0.408 e. The standard InChI is InChI=1S/C24H30N2O5/c1-24(2,3)31-23(29)26-19(15-17-11-7-5-8-12-17)21(27)25-20(22(28)30-4)16-18-13-9-6-10-14-18/h5-14,19-20H,15-16H2,1-4H3,(H,25,27)(H,26,29)/t19-,20?/m0/s1. The Balaban J connectivity index is 2.17. The molecule has 2 amide bonds. The minimum Gasteiger partial charge on any atom is -0.467 e. The first-order chi connectivity index (χ1) is 14.7. The lowest BCUT2D eigenvalue weighted by atomic mass is 10.0. The molecule has 0 aliphatic rings. The highest BCUT2D eigenvalue weighted by atomic mass is 16.6. The number of rotatable bonds is 8. The number of carbonyl (C=O) groups is 3. The van der Waals surface area contributed by atoms with Crippen LogP contribution in [0.5, 0.6) is 0 Å². The Bertz CT molecular complexity index is 863. The first-order valence-corrected chi connectivity index (χ1v) is 10.1. The zero-order valence-electron chi connectivity index (χ0n) is 18.4. The van der Waals surface area contributed by atoms with E-state index in [4.69, 9.17) is 9.47 Å². The molecule has 0 heterocycles. The number of ether oxygens (including phenoxy) is 2. The van der Waals surface area contributed by atoms with Gasteiger partial charge in [0, 0.05) is 12.8 Å². The van der Waals surface area contributed by atoms with Crippen molar-refractivity contribution in [2.75, 3.05) is 7.11 Å². The van der Waals surface area contributed by atoms with Gasteiger partial charge in [-0.05, 0) is 31.9 Å². The molecule has 31 heavy (non-hydrogen) atoms. The first-order valence-electron chi connectivity index (χ1n) is 10.1. The van der Waals surface area contributed by atoms with E-state index < -0.39 is 35.7 Å². The van der Waals surface area contributed by atoms with Crippen molar-refractivity contribution in [1.82, 2.24) is 10.6 Å². The Labute approximate surface area is 183 Å². The van der Waals surface area contributed by atoms with E-state index >= 15 is 0 Å². The van der Waals surface area contributed by atoms with Gasteiger partial charge in [0.15, 0.2) is 0 Å². The molecular weight excluding hydrogens is 396 g/mol. The summed E-state index contributed by atoms with van der Waals surface area (Å²) in [4.78, 5) is 37.7. The van der Waals surface area contributed by atoms with Crippen molar-refractivity contribution >= 4 is 18.0 Å². The normalized spacial score (nSPS) is 12.9. The number of amides is 2. The van der Waals surface area contributed by atoms with Gasteiger partial charge in [-0.15, -0.1) is 0 Å². The Hall–Kier alpha value is -3.35. The lowest BCUT2D eigenvalue weighted by Crippen LogP contribution is -2.53. The van der Waals surface area contributed by atoms with Crippen molar-refractivity contribution in [3.63, 3.8) is 0 Å². The monoisotopic (exact) mass is 426 g/mol. The van der Waals surface area contributed by atoms with Gasteiger partial charge < -0.3 is 20.1 Å². The number of methoxy groups -OCH3 is 1. The van der Waals surface area contributed by atoms with Gasteiger partial charge in [-0.3, -0.25) is 4.79 Å². The summed E-state index contributed by atoms with van der Waals surface area (Å²) in [6.07, 6.45) is -0.198. The molecule has 7 heteroatoms. The molecule has 0 saturated heterocycles. The molecule has 2 N–H and O–H groups in total. The number of hydrogen-bond donors (Lipinski definition) is 2. The van der Waals surface area contributed by atoms with Crippen LogP contribution in [0.2, 0.25) is 0 Å². The van der Waals surface area contributed by atoms with Crippen molar-refractivity contribution in [3.8, 4) is 0 Å². The summed E-state index contributed by atoms with van der Waals surface area (Å²) in [5, 5.41) is 5.34. The number of benzene rings is 2. The van der Waals surface area contributed by atoms with Crippen molar-refractivity contribution in [2.24, 2.45) is 0 Å². The highest BCUT2D eigenvalue weighted by Crippen LogP contribution is 2.10. The fraction of sp³-hybridized carbons (Fsp3) is 0.375. The average Bonchev–Trinajstić information content (AvgIpc) is 2.72. The molecule has 0 fully saturated rings. The van der Waals surface area contributed by atoms with Crippen LogP contribution in [0, 0.1) is 0 Å². The predicted octanol–water partition coefficient (Wildman–Crippen LogP) is 3.02. The number of hydrogen-bond acceptors (Lipinski definition) is 5. The summed E-state index contributed by atoms with van der Waals surface area (Å²) in [7, 11) is 1.27. The van der Waals surface area contributed by atoms with Crippen LogP contribution < -0.4 is 10.6 Å². The van der Waals surface area contributed by atoms with Crippen LogP contribution in [-0.4, -0.2) is 42.8 Å². The fourth-order valence-electron chi connectivity index (χ4n) is 2.97. The van der Waals surface area contributed by atoms with E-state index in [9.17, 15) is 14.4 Å². The maximum atomic E-state index is 13.1. The summed E-state index contributed by atoms with van der Waals surface area (Å²) in [5.41, 5.74) is 1.02. The largest absolute Gasteiger partial charge is 0.467 e. The van der Waals surface area contributed by atoms with E-state index in [-0.39, 0.29) is 12.8 Å². The van der Waals surface area contributed by atoms with Crippen LogP contribution >= 0.6 is 0 Å². The topological polar surface area (TPSA) is 93.7 Å². The third kappa shape index (κ3) is 8.50. The van der Waals surface area contributed by atoms with Gasteiger partial charge in [-0.1, -0.05) is 60.7 Å². The zero-order chi connectivity index (χ0) is 22.9. The quantitative estimate of drug-likeness (QED) is 0.633. The second-order valence-electron chi connectivity index (χ2n) is 8.16. The van der Waals surface area contributed by atoms with E-state index in [1.165, 1.54) is 7.11 Å². The molecule has 0 aromatic heterocycles. The summed E-state index contributed by atoms with van der Waals surface area (Å²) < 4.78 is 10.2. The van der Waals surface area contributed by atoms with Gasteiger partial charge in [0.25, 0.3) is 0 Å². The van der Waals surface area contributed by atoms with Gasteiger partial charge in [0.2, 0.25) is 5.91 Å². The predicted molar refractivity (Wildman–Crippen MR) is 117 cm³/mol. The lowest BCUT2D eigenvalue weighted by Gasteiger charge is -2.25. The molecule has 0 radical (unpaired) electrons. The van der Waals surface area contributed by atoms with Crippen molar-refractivity contribution in [1.29, 1.82) is 0 Å². The summed E-state index contributed by atoms with van der Waals surface area (Å²) >= 11 is 0. The summed E-state index contributed by atoms with van der Waals surface area (Å²) in [6.45, 7) is 5.23. The number of alkyl carbamates (subject to hydrolysis) is 1. The van der Waals surface area contributed by atoms with Crippen molar-refractivity contribution < 1.29 is 23.9 Å². The minimum absolute atomic E-state index is 0.241. The van der Waals surface area contributed by atoms with Crippen molar-refractivity contribution in [2.45, 2.75) is 51.3 Å². The van der Waals surface area contributed by atoms with E-state index in [1.807, 2.05) is 60.7 Å². The summed E-state index contributed by atoms with van der Waals surface area (Å²) in [5.74, 6) is -1.06. The highest BCUT2D eigenvalue weighted by Gasteiger charge is 2.29. The molecule has 0 bridgehead atoms. The Morgan fingerprint density at radius 2 is 1.29 bits per heavy atom. The highest BCUT2D eigenvalue weighted by molar-refractivity contribution is 5.90. The van der Waals surface area contributed by atoms with Gasteiger partial charge in [0.1, 0.15) is 17.7 Å². The van der Waals surface area contributed by atoms with Crippen molar-refractivity contribution in [3.05, 3.63) is 71.8 Å². The Morgan fingerprint density at radius 3 is 1.74 bits per heavy atom. The second-order valence-corrected chi connectivity index (χ2v) is 8.16. The molecule has 0 saturated carbocycles. The first kappa shape index (κ1) is 23.9. The van der Waals surface area contributed by atoms with Crippen LogP contribution in [-0.2, 0) is 31.9 Å². The third-order valence-electron chi connectivity index (χ3n) is 4.37. The molecule has 2 rings (SSSR count). The molecule has 7 nitrogen and oxygen atoms in total. The molecule has 1 unspecified atom stereocenters. The fourth-order valence-corrected chi connectivity index (χ4v) is 2.97. The SMILES string of the molecule is COC(=O)C(Cc1ccccc1)NC(=O)[C@H](Cc1ccccc1)NC(=O)OC(C)(C)C. The number of nitrogens with one attached hydrogen (secondary N) is 2. The Kier molecular flexibility index (Phi) is 8.61. The third-order valence-corrected chi connectivity index (χ3v) is 4.37. The van der Waals surface area contributed by atoms with Crippen LogP contribution in [0.25, 0.3) is 0 Å². The van der Waals surface area contributed by atoms with Gasteiger partial charge in [-0.25, -0.2) is 9.59 Å². The lowest BCUT2D eigenvalue weighted by molar-refractivity contribution is -0.145. The Morgan fingerprint density at radius 1 is 0.806 bits per heavy atom. The number of carbonyl (C=O) groups excluding carboxylic acids is 3. The van der Waals surface area contributed by atoms with Gasteiger partial charge in [0.05, 0.1) is 7.11 Å². The van der Waals surface area contributed by atoms with E-state index in [0.29, 0.717) is 0 Å². The summed E-state index contributed by atoms with van der Waals surface area (Å²) in [6, 6.07) is 16.8. The number of esters is 1. The maximum Gasteiger partial charge on any atom is 0.408 e. The molecule has 166 valence electrons. The van der Waals surface area contributed by atoms with Crippen LogP contribution in [0.4, 0.5) is 4.79 Å². The van der Waals surface area contributed by atoms with E-state index in [0.717, 1.165) is 11.1 Å². The minimum atomic E-state index is -0.930. The molecule has 0 spiro atoms. The van der Waals surface area contributed by atoms with E-state index in [2.05, 4.69) is 10.6 Å². The zero-order valence-corrected chi connectivity index (χ0v) is 18.4. The average molecular weight is 427 g/mol. The van der Waals surface area contributed by atoms with E-state index in [1.54, 1.807) is 20.8 Å². The van der Waals surface area contributed by atoms with Crippen LogP contribution in [0.1, 0.15) is 31.9 Å². The molecular formula is C24H30N2O5. The molecule has 2 aromatic carbocycles. The molecule has 2 aromatic rings.